The van der Waals surface area contributed by atoms with Gasteiger partial charge in [0.1, 0.15) is 0 Å². The first-order chi connectivity index (χ1) is 6.07. The van der Waals surface area contributed by atoms with Crippen molar-refractivity contribution in [2.45, 2.75) is 19.8 Å². The Hall–Kier alpha value is 0.140. The van der Waals surface area contributed by atoms with Gasteiger partial charge in [-0.15, -0.1) is 11.3 Å². The highest BCUT2D eigenvalue weighted by atomic mass is 79.9. The van der Waals surface area contributed by atoms with Crippen molar-refractivity contribution < 1.29 is 0 Å². The van der Waals surface area contributed by atoms with E-state index in [4.69, 9.17) is 5.73 Å². The molecule has 0 amide bonds. The minimum absolute atomic E-state index is 0.416. The van der Waals surface area contributed by atoms with Gasteiger partial charge in [0.2, 0.25) is 0 Å². The van der Waals surface area contributed by atoms with Crippen molar-refractivity contribution in [2.75, 3.05) is 6.54 Å². The molecule has 2 N–H and O–H groups in total. The second-order valence-electron chi connectivity index (χ2n) is 4.31. The van der Waals surface area contributed by atoms with E-state index in [1.165, 1.54) is 9.35 Å². The Morgan fingerprint density at radius 3 is 2.69 bits per heavy atom. The number of halogens is 1. The smallest absolute Gasteiger partial charge is 0.0285 e. The average Bonchev–Trinajstić information content (AvgIpc) is 2.41. The van der Waals surface area contributed by atoms with Gasteiger partial charge < -0.3 is 5.73 Å². The van der Waals surface area contributed by atoms with Crippen molar-refractivity contribution in [1.82, 2.24) is 0 Å². The Morgan fingerprint density at radius 2 is 2.31 bits per heavy atom. The molecule has 1 nitrogen and oxygen atoms in total. The molecule has 0 aromatic carbocycles. The summed E-state index contributed by atoms with van der Waals surface area (Å²) >= 11 is 5.33. The van der Waals surface area contributed by atoms with E-state index < -0.39 is 0 Å². The lowest BCUT2D eigenvalue weighted by molar-refractivity contribution is 0.559. The van der Waals surface area contributed by atoms with Crippen molar-refractivity contribution in [3.05, 3.63) is 20.8 Å². The molecule has 0 aliphatic heterocycles. The summed E-state index contributed by atoms with van der Waals surface area (Å²) < 4.78 is 1.20. The quantitative estimate of drug-likeness (QED) is 0.868. The Balaban J connectivity index is 2.21. The summed E-state index contributed by atoms with van der Waals surface area (Å²) in [6.07, 6.45) is 0. The number of thiophene rings is 1. The van der Waals surface area contributed by atoms with Gasteiger partial charge in [-0.2, -0.15) is 0 Å². The van der Waals surface area contributed by atoms with Crippen LogP contribution >= 0.6 is 27.3 Å². The third-order valence-electron chi connectivity index (χ3n) is 3.20. The fourth-order valence-electron chi connectivity index (χ4n) is 2.24. The molecule has 1 aromatic heterocycles. The third-order valence-corrected chi connectivity index (χ3v) is 4.98. The molecule has 1 aromatic rings. The van der Waals surface area contributed by atoms with Gasteiger partial charge in [0.25, 0.3) is 0 Å². The number of nitrogens with two attached hydrogens (primary N) is 1. The second kappa shape index (κ2) is 3.07. The van der Waals surface area contributed by atoms with Gasteiger partial charge in [-0.1, -0.05) is 13.8 Å². The third kappa shape index (κ3) is 1.47. The van der Waals surface area contributed by atoms with Crippen molar-refractivity contribution in [2.24, 2.45) is 17.1 Å². The van der Waals surface area contributed by atoms with Gasteiger partial charge in [-0.3, -0.25) is 0 Å². The minimum Gasteiger partial charge on any atom is -0.330 e. The molecule has 1 saturated carbocycles. The maximum Gasteiger partial charge on any atom is 0.0285 e. The number of hydrogen-bond donors (Lipinski definition) is 1. The Morgan fingerprint density at radius 1 is 1.62 bits per heavy atom. The normalized spacial score (nSPS) is 30.5. The lowest BCUT2D eigenvalue weighted by Crippen LogP contribution is -2.05. The van der Waals surface area contributed by atoms with E-state index in [-0.39, 0.29) is 0 Å². The van der Waals surface area contributed by atoms with E-state index in [0.717, 1.165) is 6.54 Å². The zero-order valence-corrected chi connectivity index (χ0v) is 10.3. The Labute approximate surface area is 91.5 Å². The number of rotatable bonds is 2. The maximum absolute atomic E-state index is 5.74. The molecule has 2 atom stereocenters. The van der Waals surface area contributed by atoms with Crippen LogP contribution in [-0.4, -0.2) is 6.54 Å². The van der Waals surface area contributed by atoms with Crippen LogP contribution in [0, 0.1) is 11.3 Å². The van der Waals surface area contributed by atoms with Crippen molar-refractivity contribution in [3.63, 3.8) is 0 Å². The molecule has 1 heterocycles. The standard InChI is InChI=1S/C10H14BrNS/c1-10(2)7(4-12)9(10)8-3-6(11)5-13-8/h3,5,7,9H,4,12H2,1-2H3. The summed E-state index contributed by atoms with van der Waals surface area (Å²) in [7, 11) is 0. The molecule has 72 valence electrons. The van der Waals surface area contributed by atoms with Crippen LogP contribution in [-0.2, 0) is 0 Å². The van der Waals surface area contributed by atoms with Gasteiger partial charge in [-0.25, -0.2) is 0 Å². The van der Waals surface area contributed by atoms with Crippen molar-refractivity contribution in [3.8, 4) is 0 Å². The van der Waals surface area contributed by atoms with E-state index in [1.54, 1.807) is 0 Å². The summed E-state index contributed by atoms with van der Waals surface area (Å²) in [5, 5.41) is 2.15. The zero-order chi connectivity index (χ0) is 9.64. The highest BCUT2D eigenvalue weighted by Gasteiger charge is 2.57. The molecule has 3 heteroatoms. The second-order valence-corrected chi connectivity index (χ2v) is 6.17. The summed E-state index contributed by atoms with van der Waals surface area (Å²) in [5.74, 6) is 1.37. The maximum atomic E-state index is 5.74. The van der Waals surface area contributed by atoms with Gasteiger partial charge in [0.15, 0.2) is 0 Å². The SMILES string of the molecule is CC1(C)C(CN)C1c1cc(Br)cs1. The largest absolute Gasteiger partial charge is 0.330 e. The van der Waals surface area contributed by atoms with Crippen LogP contribution in [0.5, 0.6) is 0 Å². The highest BCUT2D eigenvalue weighted by molar-refractivity contribution is 9.10. The molecule has 1 fully saturated rings. The van der Waals surface area contributed by atoms with E-state index in [2.05, 4.69) is 41.2 Å². The molecule has 13 heavy (non-hydrogen) atoms. The highest BCUT2D eigenvalue weighted by Crippen LogP contribution is 2.64. The molecule has 2 unspecified atom stereocenters. The first kappa shape index (κ1) is 9.69. The fourth-order valence-corrected chi connectivity index (χ4v) is 4.05. The molecule has 0 bridgehead atoms. The molecule has 0 spiro atoms. The van der Waals surface area contributed by atoms with E-state index >= 15 is 0 Å². The first-order valence-corrected chi connectivity index (χ1v) is 6.18. The topological polar surface area (TPSA) is 26.0 Å². The molecular formula is C10H14BrNS. The monoisotopic (exact) mass is 259 g/mol. The van der Waals surface area contributed by atoms with Crippen LogP contribution in [0.1, 0.15) is 24.6 Å². The van der Waals surface area contributed by atoms with E-state index in [9.17, 15) is 0 Å². The predicted molar refractivity (Wildman–Crippen MR) is 61.1 cm³/mol. The van der Waals surface area contributed by atoms with Gasteiger partial charge in [0, 0.05) is 20.6 Å². The van der Waals surface area contributed by atoms with Crippen molar-refractivity contribution >= 4 is 27.3 Å². The van der Waals surface area contributed by atoms with Crippen LogP contribution in [0.4, 0.5) is 0 Å². The summed E-state index contributed by atoms with van der Waals surface area (Å²) in [6.45, 7) is 5.43. The molecule has 2 rings (SSSR count). The molecule has 0 radical (unpaired) electrons. The molecule has 0 saturated heterocycles. The summed E-state index contributed by atoms with van der Waals surface area (Å²) in [5.41, 5.74) is 6.15. The zero-order valence-electron chi connectivity index (χ0n) is 7.88. The van der Waals surface area contributed by atoms with Gasteiger partial charge in [0.05, 0.1) is 0 Å². The number of hydrogen-bond acceptors (Lipinski definition) is 2. The Bertz CT molecular complexity index is 318. The van der Waals surface area contributed by atoms with Crippen LogP contribution in [0.3, 0.4) is 0 Å². The lowest BCUT2D eigenvalue weighted by Gasteiger charge is -1.98. The van der Waals surface area contributed by atoms with Crippen LogP contribution < -0.4 is 5.73 Å². The van der Waals surface area contributed by atoms with Crippen LogP contribution in [0.25, 0.3) is 0 Å². The van der Waals surface area contributed by atoms with E-state index in [1.807, 2.05) is 11.3 Å². The Kier molecular flexibility index (Phi) is 2.29. The minimum atomic E-state index is 0.416. The van der Waals surface area contributed by atoms with Crippen molar-refractivity contribution in [1.29, 1.82) is 0 Å². The van der Waals surface area contributed by atoms with Crippen LogP contribution in [0.15, 0.2) is 15.9 Å². The molecule has 1 aliphatic carbocycles. The van der Waals surface area contributed by atoms with Crippen LogP contribution in [0.2, 0.25) is 0 Å². The first-order valence-electron chi connectivity index (χ1n) is 4.51. The molecule has 1 aliphatic rings. The summed E-state index contributed by atoms with van der Waals surface area (Å²) in [6, 6.07) is 2.23. The average molecular weight is 260 g/mol. The van der Waals surface area contributed by atoms with Gasteiger partial charge >= 0.3 is 0 Å². The fraction of sp³-hybridized carbons (Fsp3) is 0.600. The van der Waals surface area contributed by atoms with Gasteiger partial charge in [-0.05, 0) is 39.9 Å². The predicted octanol–water partition coefficient (Wildman–Crippen LogP) is 3.21. The lowest BCUT2D eigenvalue weighted by atomic mass is 10.1. The summed E-state index contributed by atoms with van der Waals surface area (Å²) in [4.78, 5) is 1.48. The molecular weight excluding hydrogens is 246 g/mol. The van der Waals surface area contributed by atoms with E-state index in [0.29, 0.717) is 17.3 Å².